The molecule has 4 rings (SSSR count). The van der Waals surface area contributed by atoms with Gasteiger partial charge in [-0.15, -0.1) is 0 Å². The fourth-order valence-electron chi connectivity index (χ4n) is 3.94. The highest BCUT2D eigenvalue weighted by Crippen LogP contribution is 2.35. The summed E-state index contributed by atoms with van der Waals surface area (Å²) in [6.07, 6.45) is 1.21. The van der Waals surface area contributed by atoms with Crippen molar-refractivity contribution in [2.75, 3.05) is 7.11 Å². The van der Waals surface area contributed by atoms with Gasteiger partial charge in [0.15, 0.2) is 5.82 Å². The molecule has 0 unspecified atom stereocenters. The van der Waals surface area contributed by atoms with Crippen LogP contribution in [0.1, 0.15) is 36.5 Å². The molecule has 0 atom stereocenters. The second-order valence-corrected chi connectivity index (χ2v) is 9.41. The number of aromatic hydroxyl groups is 1. The van der Waals surface area contributed by atoms with Crippen LogP contribution < -0.4 is 10.3 Å². The number of halogens is 1. The number of aryl methyl sites for hydroxylation is 1. The molecule has 0 aliphatic heterocycles. The standard InChI is InChI=1S/C26H23BrN4O5/c1-14(2)19-12-20(15(3)9-23(19)36-4)25-29-21-8-6-5-7-18(21)26(33)30(25)28-13-16-10-17(27)11-22(24(16)32)31(34)35/h5-14,32H,1-4H3. The lowest BCUT2D eigenvalue weighted by Gasteiger charge is -2.17. The Hall–Kier alpha value is -4.05. The van der Waals surface area contributed by atoms with Gasteiger partial charge in [0.25, 0.3) is 5.56 Å². The highest BCUT2D eigenvalue weighted by Gasteiger charge is 2.20. The van der Waals surface area contributed by atoms with Crippen molar-refractivity contribution in [2.45, 2.75) is 26.7 Å². The van der Waals surface area contributed by atoms with Crippen LogP contribution in [0, 0.1) is 17.0 Å². The van der Waals surface area contributed by atoms with Crippen LogP contribution in [-0.2, 0) is 0 Å². The summed E-state index contributed by atoms with van der Waals surface area (Å²) in [7, 11) is 1.61. The maximum Gasteiger partial charge on any atom is 0.312 e. The number of methoxy groups -OCH3 is 1. The number of nitro groups is 1. The van der Waals surface area contributed by atoms with Gasteiger partial charge < -0.3 is 9.84 Å². The number of nitro benzene ring substituents is 1. The van der Waals surface area contributed by atoms with Crippen LogP contribution in [0.2, 0.25) is 0 Å². The fraction of sp³-hybridized carbons (Fsp3) is 0.192. The Balaban J connectivity index is 2.01. The molecule has 4 aromatic rings. The Morgan fingerprint density at radius 2 is 1.94 bits per heavy atom. The van der Waals surface area contributed by atoms with E-state index in [0.29, 0.717) is 26.8 Å². The van der Waals surface area contributed by atoms with Crippen molar-refractivity contribution in [3.8, 4) is 22.9 Å². The number of hydrogen-bond acceptors (Lipinski definition) is 7. The third-order valence-corrected chi connectivity index (χ3v) is 6.24. The van der Waals surface area contributed by atoms with Crippen LogP contribution in [-0.4, -0.2) is 33.0 Å². The zero-order valence-corrected chi connectivity index (χ0v) is 21.6. The van der Waals surface area contributed by atoms with Crippen molar-refractivity contribution >= 4 is 38.7 Å². The van der Waals surface area contributed by atoms with Crippen molar-refractivity contribution < 1.29 is 14.8 Å². The summed E-state index contributed by atoms with van der Waals surface area (Å²) in [6, 6.07) is 13.4. The van der Waals surface area contributed by atoms with Gasteiger partial charge in [0.2, 0.25) is 5.75 Å². The first-order valence-corrected chi connectivity index (χ1v) is 11.8. The van der Waals surface area contributed by atoms with Crippen LogP contribution in [0.5, 0.6) is 11.5 Å². The van der Waals surface area contributed by atoms with E-state index in [1.165, 1.54) is 18.3 Å². The first-order chi connectivity index (χ1) is 17.1. The molecule has 184 valence electrons. The van der Waals surface area contributed by atoms with Gasteiger partial charge in [0, 0.05) is 21.7 Å². The Labute approximate surface area is 215 Å². The summed E-state index contributed by atoms with van der Waals surface area (Å²) in [5.41, 5.74) is 2.12. The van der Waals surface area contributed by atoms with E-state index in [0.717, 1.165) is 21.6 Å². The van der Waals surface area contributed by atoms with E-state index < -0.39 is 21.9 Å². The molecule has 0 saturated heterocycles. The van der Waals surface area contributed by atoms with E-state index in [1.54, 1.807) is 31.4 Å². The summed E-state index contributed by atoms with van der Waals surface area (Å²) in [5, 5.41) is 26.4. The van der Waals surface area contributed by atoms with Gasteiger partial charge in [0.05, 0.1) is 29.2 Å². The van der Waals surface area contributed by atoms with Crippen LogP contribution in [0.3, 0.4) is 0 Å². The SMILES string of the molecule is COc1cc(C)c(-c2nc3ccccc3c(=O)n2N=Cc2cc(Br)cc([N+](=O)[O-])c2O)cc1C(C)C. The molecule has 1 aromatic heterocycles. The topological polar surface area (TPSA) is 120 Å². The van der Waals surface area contributed by atoms with Crippen LogP contribution in [0.25, 0.3) is 22.3 Å². The lowest BCUT2D eigenvalue weighted by atomic mass is 9.96. The van der Waals surface area contributed by atoms with Crippen molar-refractivity contribution in [1.82, 2.24) is 9.66 Å². The minimum atomic E-state index is -0.694. The zero-order chi connectivity index (χ0) is 26.1. The van der Waals surface area contributed by atoms with Gasteiger partial charge in [-0.25, -0.2) is 4.98 Å². The molecule has 0 saturated carbocycles. The Morgan fingerprint density at radius 3 is 2.61 bits per heavy atom. The summed E-state index contributed by atoms with van der Waals surface area (Å²) in [4.78, 5) is 28.9. The Kier molecular flexibility index (Phi) is 6.89. The third kappa shape index (κ3) is 4.59. The number of phenolic OH excluding ortho intramolecular Hbond substituents is 1. The monoisotopic (exact) mass is 550 g/mol. The molecular weight excluding hydrogens is 528 g/mol. The predicted octanol–water partition coefficient (Wildman–Crippen LogP) is 5.76. The van der Waals surface area contributed by atoms with E-state index in [1.807, 2.05) is 32.9 Å². The highest BCUT2D eigenvalue weighted by atomic mass is 79.9. The molecule has 3 aromatic carbocycles. The summed E-state index contributed by atoms with van der Waals surface area (Å²) < 4.78 is 7.08. The van der Waals surface area contributed by atoms with Crippen molar-refractivity contribution in [3.05, 3.63) is 90.2 Å². The molecule has 36 heavy (non-hydrogen) atoms. The van der Waals surface area contributed by atoms with E-state index in [4.69, 9.17) is 9.72 Å². The van der Waals surface area contributed by atoms with Gasteiger partial charge in [-0.1, -0.05) is 41.9 Å². The average Bonchev–Trinajstić information content (AvgIpc) is 2.84. The largest absolute Gasteiger partial charge is 0.502 e. The number of rotatable bonds is 6. The van der Waals surface area contributed by atoms with Gasteiger partial charge in [0.1, 0.15) is 5.75 Å². The quantitative estimate of drug-likeness (QED) is 0.185. The number of phenols is 1. The average molecular weight is 551 g/mol. The first-order valence-electron chi connectivity index (χ1n) is 11.0. The van der Waals surface area contributed by atoms with Gasteiger partial charge in [-0.2, -0.15) is 9.78 Å². The lowest BCUT2D eigenvalue weighted by Crippen LogP contribution is -2.21. The van der Waals surface area contributed by atoms with Gasteiger partial charge in [-0.05, 0) is 54.3 Å². The number of hydrogen-bond donors (Lipinski definition) is 1. The van der Waals surface area contributed by atoms with Crippen molar-refractivity contribution in [1.29, 1.82) is 0 Å². The second kappa shape index (κ2) is 9.90. The number of nitrogens with zero attached hydrogens (tertiary/aromatic N) is 4. The molecular formula is C26H23BrN4O5. The maximum atomic E-state index is 13.5. The van der Waals surface area contributed by atoms with Crippen LogP contribution >= 0.6 is 15.9 Å². The molecule has 0 aliphatic carbocycles. The molecule has 0 spiro atoms. The van der Waals surface area contributed by atoms with Crippen LogP contribution in [0.15, 0.2) is 62.9 Å². The summed E-state index contributed by atoms with van der Waals surface area (Å²) in [6.45, 7) is 5.97. The highest BCUT2D eigenvalue weighted by molar-refractivity contribution is 9.10. The predicted molar refractivity (Wildman–Crippen MR) is 142 cm³/mol. The van der Waals surface area contributed by atoms with Crippen molar-refractivity contribution in [2.24, 2.45) is 5.10 Å². The lowest BCUT2D eigenvalue weighted by molar-refractivity contribution is -0.385. The normalized spacial score (nSPS) is 11.5. The minimum absolute atomic E-state index is 0.0661. The molecule has 0 bridgehead atoms. The number of aromatic nitrogens is 2. The maximum absolute atomic E-state index is 13.5. The van der Waals surface area contributed by atoms with Crippen LogP contribution in [0.4, 0.5) is 5.69 Å². The van der Waals surface area contributed by atoms with Gasteiger partial charge >= 0.3 is 5.69 Å². The number of para-hydroxylation sites is 1. The molecule has 0 amide bonds. The smallest absolute Gasteiger partial charge is 0.312 e. The molecule has 0 radical (unpaired) electrons. The second-order valence-electron chi connectivity index (χ2n) is 8.50. The molecule has 10 heteroatoms. The number of ether oxygens (including phenoxy) is 1. The Morgan fingerprint density at radius 1 is 1.22 bits per heavy atom. The molecule has 0 aliphatic rings. The van der Waals surface area contributed by atoms with E-state index in [2.05, 4.69) is 21.0 Å². The van der Waals surface area contributed by atoms with Crippen molar-refractivity contribution in [3.63, 3.8) is 0 Å². The molecule has 1 N–H and O–H groups in total. The minimum Gasteiger partial charge on any atom is -0.502 e. The first kappa shape index (κ1) is 25.1. The van der Waals surface area contributed by atoms with E-state index >= 15 is 0 Å². The fourth-order valence-corrected chi connectivity index (χ4v) is 4.40. The number of fused-ring (bicyclic) bond motifs is 1. The summed E-state index contributed by atoms with van der Waals surface area (Å²) >= 11 is 3.21. The molecule has 9 nitrogen and oxygen atoms in total. The third-order valence-electron chi connectivity index (χ3n) is 5.79. The summed E-state index contributed by atoms with van der Waals surface area (Å²) in [5.74, 6) is 0.609. The molecule has 0 fully saturated rings. The zero-order valence-electron chi connectivity index (χ0n) is 20.0. The number of benzene rings is 3. The molecule has 1 heterocycles. The van der Waals surface area contributed by atoms with Gasteiger partial charge in [-0.3, -0.25) is 14.9 Å². The van der Waals surface area contributed by atoms with E-state index in [-0.39, 0.29) is 11.5 Å². The Bertz CT molecular complexity index is 1590. The van der Waals surface area contributed by atoms with E-state index in [9.17, 15) is 20.0 Å².